The number of fused-ring (bicyclic) bond motifs is 1. The van der Waals surface area contributed by atoms with Gasteiger partial charge in [-0.3, -0.25) is 9.36 Å². The standard InChI is InChI=1S/C26H23N3O5S/c1-4-34-26(31)22-21(16-10-6-8-12-19(16)33-3)17(14-27)23(28)29-24(30)20(35-25(22)29)13-15-9-5-7-11-18(15)32-2/h5-13,21H,4,28H2,1-3H3/b20-13+/t21-/m0/s1. The number of carbonyl (C=O) groups is 1. The zero-order chi connectivity index (χ0) is 25.1. The lowest BCUT2D eigenvalue weighted by molar-refractivity contribution is -0.136. The number of allylic oxidation sites excluding steroid dienone is 1. The van der Waals surface area contributed by atoms with Gasteiger partial charge in [0.25, 0.3) is 5.56 Å². The van der Waals surface area contributed by atoms with Gasteiger partial charge in [0.05, 0.1) is 48.5 Å². The van der Waals surface area contributed by atoms with Crippen molar-refractivity contribution in [1.29, 1.82) is 5.26 Å². The molecule has 0 saturated heterocycles. The Hall–Kier alpha value is -4.29. The summed E-state index contributed by atoms with van der Waals surface area (Å²) >= 11 is 1.10. The summed E-state index contributed by atoms with van der Waals surface area (Å²) in [6.07, 6.45) is 1.68. The molecule has 0 bridgehead atoms. The highest BCUT2D eigenvalue weighted by Crippen LogP contribution is 2.40. The molecule has 2 heterocycles. The maximum Gasteiger partial charge on any atom is 0.338 e. The van der Waals surface area contributed by atoms with Gasteiger partial charge >= 0.3 is 5.97 Å². The van der Waals surface area contributed by atoms with Crippen LogP contribution >= 0.6 is 11.3 Å². The van der Waals surface area contributed by atoms with Crippen molar-refractivity contribution in [3.05, 3.63) is 84.8 Å². The van der Waals surface area contributed by atoms with Crippen LogP contribution in [0.25, 0.3) is 17.5 Å². The summed E-state index contributed by atoms with van der Waals surface area (Å²) in [6.45, 7) is 1.81. The summed E-state index contributed by atoms with van der Waals surface area (Å²) < 4.78 is 18.1. The van der Waals surface area contributed by atoms with E-state index in [1.807, 2.05) is 18.2 Å². The highest BCUT2D eigenvalue weighted by Gasteiger charge is 2.37. The van der Waals surface area contributed by atoms with Crippen LogP contribution in [-0.2, 0) is 9.53 Å². The molecule has 35 heavy (non-hydrogen) atoms. The van der Waals surface area contributed by atoms with Gasteiger partial charge in [-0.15, -0.1) is 11.3 Å². The summed E-state index contributed by atoms with van der Waals surface area (Å²) in [5.41, 5.74) is 7.44. The molecule has 0 unspecified atom stereocenters. The van der Waals surface area contributed by atoms with Crippen LogP contribution < -0.4 is 30.0 Å². The molecule has 3 aromatic rings. The first kappa shape index (κ1) is 23.9. The van der Waals surface area contributed by atoms with E-state index in [0.717, 1.165) is 11.3 Å². The number of nitrogens with two attached hydrogens (primary N) is 1. The van der Waals surface area contributed by atoms with E-state index >= 15 is 0 Å². The van der Waals surface area contributed by atoms with Gasteiger partial charge in [-0.05, 0) is 25.1 Å². The average molecular weight is 490 g/mol. The van der Waals surface area contributed by atoms with Gasteiger partial charge in [-0.1, -0.05) is 36.4 Å². The predicted molar refractivity (Wildman–Crippen MR) is 133 cm³/mol. The second kappa shape index (κ2) is 9.91. The molecule has 4 rings (SSSR count). The van der Waals surface area contributed by atoms with Gasteiger partial charge in [0.1, 0.15) is 22.0 Å². The SMILES string of the molecule is CCOC(=O)C1=c2s/c(=C/c3ccccc3OC)c(=O)n2C(N)=C(C#N)[C@@H]1c1ccccc1OC. The number of hydrogen-bond donors (Lipinski definition) is 1. The van der Waals surface area contributed by atoms with Crippen molar-refractivity contribution in [3.8, 4) is 17.6 Å². The molecule has 0 amide bonds. The van der Waals surface area contributed by atoms with Crippen LogP contribution in [0.1, 0.15) is 24.0 Å². The Labute approximate surface area is 205 Å². The topological polar surface area (TPSA) is 117 Å². The van der Waals surface area contributed by atoms with Gasteiger partial charge in [-0.25, -0.2) is 4.79 Å². The second-order valence-electron chi connectivity index (χ2n) is 7.52. The first-order valence-electron chi connectivity index (χ1n) is 10.8. The Morgan fingerprint density at radius 1 is 1.14 bits per heavy atom. The maximum atomic E-state index is 13.5. The molecule has 0 aliphatic carbocycles. The molecule has 0 fully saturated rings. The Morgan fingerprint density at radius 3 is 2.46 bits per heavy atom. The lowest BCUT2D eigenvalue weighted by Gasteiger charge is -2.25. The van der Waals surface area contributed by atoms with Crippen molar-refractivity contribution in [1.82, 2.24) is 4.57 Å². The molecule has 2 aromatic carbocycles. The van der Waals surface area contributed by atoms with Gasteiger partial charge in [0.2, 0.25) is 0 Å². The van der Waals surface area contributed by atoms with Gasteiger partial charge in [0, 0.05) is 11.1 Å². The fourth-order valence-electron chi connectivity index (χ4n) is 4.10. The van der Waals surface area contributed by atoms with E-state index in [1.165, 1.54) is 11.7 Å². The van der Waals surface area contributed by atoms with Crippen molar-refractivity contribution in [3.63, 3.8) is 0 Å². The molecule has 2 N–H and O–H groups in total. The molecule has 1 aromatic heterocycles. The fraction of sp³-hybridized carbons (Fsp3) is 0.192. The number of nitrogens with zero attached hydrogens (tertiary/aromatic N) is 2. The van der Waals surface area contributed by atoms with Crippen LogP contribution in [0.15, 0.2) is 58.9 Å². The van der Waals surface area contributed by atoms with E-state index in [1.54, 1.807) is 50.4 Å². The van der Waals surface area contributed by atoms with Crippen molar-refractivity contribution >= 4 is 34.8 Å². The average Bonchev–Trinajstić information content (AvgIpc) is 3.19. The van der Waals surface area contributed by atoms with Crippen molar-refractivity contribution in [2.45, 2.75) is 12.8 Å². The number of carbonyl (C=O) groups excluding carboxylic acids is 1. The highest BCUT2D eigenvalue weighted by atomic mass is 32.1. The van der Waals surface area contributed by atoms with E-state index < -0.39 is 17.4 Å². The van der Waals surface area contributed by atoms with E-state index in [0.29, 0.717) is 31.8 Å². The quantitative estimate of drug-likeness (QED) is 0.526. The van der Waals surface area contributed by atoms with Crippen LogP contribution in [0.3, 0.4) is 0 Å². The third kappa shape index (κ3) is 4.09. The zero-order valence-corrected chi connectivity index (χ0v) is 20.2. The van der Waals surface area contributed by atoms with E-state index in [2.05, 4.69) is 6.07 Å². The first-order valence-corrected chi connectivity index (χ1v) is 11.6. The molecular formula is C26H23N3O5S. The molecule has 1 aliphatic rings. The molecular weight excluding hydrogens is 466 g/mol. The maximum absolute atomic E-state index is 13.5. The molecule has 9 heteroatoms. The van der Waals surface area contributed by atoms with E-state index in [-0.39, 0.29) is 23.6 Å². The number of esters is 1. The van der Waals surface area contributed by atoms with Gasteiger partial charge in [0.15, 0.2) is 0 Å². The Bertz CT molecular complexity index is 1560. The molecule has 0 radical (unpaired) electrons. The smallest absolute Gasteiger partial charge is 0.338 e. The number of nitriles is 1. The summed E-state index contributed by atoms with van der Waals surface area (Å²) in [4.78, 5) is 26.7. The van der Waals surface area contributed by atoms with Crippen LogP contribution in [0.4, 0.5) is 0 Å². The third-order valence-corrected chi connectivity index (χ3v) is 6.75. The molecule has 178 valence electrons. The number of rotatable bonds is 6. The number of ether oxygens (including phenoxy) is 3. The summed E-state index contributed by atoms with van der Waals surface area (Å²) in [5.74, 6) is -0.471. The molecule has 1 aliphatic heterocycles. The highest BCUT2D eigenvalue weighted by molar-refractivity contribution is 7.07. The fourth-order valence-corrected chi connectivity index (χ4v) is 5.25. The summed E-state index contributed by atoms with van der Waals surface area (Å²) in [6, 6.07) is 16.4. The Kier molecular flexibility index (Phi) is 6.75. The lowest BCUT2D eigenvalue weighted by Crippen LogP contribution is -2.40. The largest absolute Gasteiger partial charge is 0.496 e. The number of para-hydroxylation sites is 2. The Morgan fingerprint density at radius 2 is 1.80 bits per heavy atom. The summed E-state index contributed by atoms with van der Waals surface area (Å²) in [5, 5.41) is 10.1. The van der Waals surface area contributed by atoms with E-state index in [4.69, 9.17) is 19.9 Å². The van der Waals surface area contributed by atoms with Crippen LogP contribution in [0.5, 0.6) is 11.5 Å². The number of methoxy groups -OCH3 is 2. The molecule has 8 nitrogen and oxygen atoms in total. The third-order valence-electron chi connectivity index (χ3n) is 5.64. The molecule has 1 atom stereocenters. The minimum atomic E-state index is -0.868. The van der Waals surface area contributed by atoms with E-state index in [9.17, 15) is 14.9 Å². The van der Waals surface area contributed by atoms with Crippen LogP contribution in [0.2, 0.25) is 0 Å². The van der Waals surface area contributed by atoms with Crippen LogP contribution in [0, 0.1) is 11.3 Å². The zero-order valence-electron chi connectivity index (χ0n) is 19.4. The number of aromatic nitrogens is 1. The lowest BCUT2D eigenvalue weighted by atomic mass is 9.83. The van der Waals surface area contributed by atoms with Crippen molar-refractivity contribution in [2.24, 2.45) is 5.73 Å². The number of benzene rings is 2. The van der Waals surface area contributed by atoms with Crippen molar-refractivity contribution < 1.29 is 19.0 Å². The monoisotopic (exact) mass is 489 g/mol. The summed E-state index contributed by atoms with van der Waals surface area (Å²) in [7, 11) is 3.05. The molecule has 0 spiro atoms. The van der Waals surface area contributed by atoms with Crippen LogP contribution in [-0.4, -0.2) is 31.4 Å². The predicted octanol–water partition coefficient (Wildman–Crippen LogP) is 1.92. The first-order chi connectivity index (χ1) is 17.0. The minimum absolute atomic E-state index is 0.0348. The van der Waals surface area contributed by atoms with Gasteiger partial charge in [-0.2, -0.15) is 5.26 Å². The normalized spacial score (nSPS) is 15.4. The second-order valence-corrected chi connectivity index (χ2v) is 8.55. The minimum Gasteiger partial charge on any atom is -0.496 e. The number of thiazole rings is 1. The Balaban J connectivity index is 2.13. The number of hydrogen-bond acceptors (Lipinski definition) is 8. The molecule has 0 saturated carbocycles. The van der Waals surface area contributed by atoms with Gasteiger partial charge < -0.3 is 19.9 Å². The van der Waals surface area contributed by atoms with Crippen molar-refractivity contribution in [2.75, 3.05) is 20.8 Å².